The molecule has 30 heavy (non-hydrogen) atoms. The number of ether oxygens (including phenoxy) is 2. The molecule has 10 heteroatoms. The molecular formula is C20H25N3O5S2. The fourth-order valence-corrected chi connectivity index (χ4v) is 5.10. The van der Waals surface area contributed by atoms with Crippen molar-refractivity contribution in [3.8, 4) is 5.88 Å². The maximum Gasteiger partial charge on any atom is 0.341 e. The number of methoxy groups -OCH3 is 1. The molecule has 1 aliphatic rings. The lowest BCUT2D eigenvalue weighted by Gasteiger charge is -2.12. The molecule has 0 spiro atoms. The van der Waals surface area contributed by atoms with E-state index in [1.807, 2.05) is 0 Å². The van der Waals surface area contributed by atoms with Gasteiger partial charge in [-0.15, -0.1) is 11.3 Å². The van der Waals surface area contributed by atoms with Crippen LogP contribution in [0, 0.1) is 4.77 Å². The zero-order valence-electron chi connectivity index (χ0n) is 17.2. The SMILES string of the molecule is CCOC(=O)c1c(/N=C(\C)c2c(O)n(CCOC)c(=S)[nH]c2=O)sc2c1CCCC2. The van der Waals surface area contributed by atoms with Gasteiger partial charge in [-0.05, 0) is 57.3 Å². The van der Waals surface area contributed by atoms with Gasteiger partial charge in [0.25, 0.3) is 5.56 Å². The van der Waals surface area contributed by atoms with Gasteiger partial charge in [-0.3, -0.25) is 14.3 Å². The molecular weight excluding hydrogens is 426 g/mol. The molecule has 162 valence electrons. The van der Waals surface area contributed by atoms with Crippen molar-refractivity contribution >= 4 is 40.2 Å². The molecule has 0 fully saturated rings. The van der Waals surface area contributed by atoms with Crippen molar-refractivity contribution in [2.75, 3.05) is 20.3 Å². The van der Waals surface area contributed by atoms with Crippen molar-refractivity contribution in [2.24, 2.45) is 4.99 Å². The average Bonchev–Trinajstić information content (AvgIpc) is 3.05. The first-order valence-corrected chi connectivity index (χ1v) is 11.0. The predicted octanol–water partition coefficient (Wildman–Crippen LogP) is 3.52. The summed E-state index contributed by atoms with van der Waals surface area (Å²) < 4.78 is 11.8. The van der Waals surface area contributed by atoms with Crippen LogP contribution in [-0.2, 0) is 28.9 Å². The number of nitrogens with zero attached hydrogens (tertiary/aromatic N) is 2. The highest BCUT2D eigenvalue weighted by Crippen LogP contribution is 2.40. The molecule has 8 nitrogen and oxygen atoms in total. The van der Waals surface area contributed by atoms with Gasteiger partial charge in [0.15, 0.2) is 4.77 Å². The fraction of sp³-hybridized carbons (Fsp3) is 0.500. The van der Waals surface area contributed by atoms with Crippen LogP contribution < -0.4 is 5.56 Å². The van der Waals surface area contributed by atoms with Crippen LogP contribution in [-0.4, -0.2) is 46.7 Å². The zero-order valence-corrected chi connectivity index (χ0v) is 18.9. The molecule has 0 saturated heterocycles. The summed E-state index contributed by atoms with van der Waals surface area (Å²) in [5.74, 6) is -0.682. The van der Waals surface area contributed by atoms with Gasteiger partial charge in [-0.2, -0.15) is 0 Å². The Kier molecular flexibility index (Phi) is 7.22. The summed E-state index contributed by atoms with van der Waals surface area (Å²) in [6.07, 6.45) is 3.78. The van der Waals surface area contributed by atoms with Crippen LogP contribution in [0.2, 0.25) is 0 Å². The van der Waals surface area contributed by atoms with E-state index in [4.69, 9.17) is 21.7 Å². The van der Waals surface area contributed by atoms with Gasteiger partial charge in [0.1, 0.15) is 10.6 Å². The normalized spacial score (nSPS) is 13.9. The number of carbonyl (C=O) groups is 1. The first kappa shape index (κ1) is 22.4. The molecule has 3 rings (SSSR count). The summed E-state index contributed by atoms with van der Waals surface area (Å²) >= 11 is 6.59. The highest BCUT2D eigenvalue weighted by Gasteiger charge is 2.27. The second-order valence-electron chi connectivity index (χ2n) is 6.91. The summed E-state index contributed by atoms with van der Waals surface area (Å²) in [5.41, 5.74) is 1.23. The monoisotopic (exact) mass is 451 g/mol. The van der Waals surface area contributed by atoms with Crippen LogP contribution in [0.5, 0.6) is 5.88 Å². The van der Waals surface area contributed by atoms with Gasteiger partial charge >= 0.3 is 5.97 Å². The van der Waals surface area contributed by atoms with Crippen LogP contribution in [0.3, 0.4) is 0 Å². The van der Waals surface area contributed by atoms with Crippen molar-refractivity contribution < 1.29 is 19.4 Å². The second kappa shape index (κ2) is 9.67. The number of carbonyl (C=O) groups excluding carboxylic acids is 1. The molecule has 2 heterocycles. The van der Waals surface area contributed by atoms with Crippen LogP contribution in [0.1, 0.15) is 53.1 Å². The Hall–Kier alpha value is -2.30. The van der Waals surface area contributed by atoms with Crippen LogP contribution in [0.4, 0.5) is 5.00 Å². The lowest BCUT2D eigenvalue weighted by Crippen LogP contribution is -2.22. The summed E-state index contributed by atoms with van der Waals surface area (Å²) in [4.78, 5) is 33.5. The summed E-state index contributed by atoms with van der Waals surface area (Å²) in [6.45, 7) is 4.25. The maximum absolute atomic E-state index is 12.6. The van der Waals surface area contributed by atoms with Crippen molar-refractivity contribution in [1.29, 1.82) is 0 Å². The fourth-order valence-electron chi connectivity index (χ4n) is 3.53. The van der Waals surface area contributed by atoms with Crippen LogP contribution >= 0.6 is 23.6 Å². The number of hydrogen-bond donors (Lipinski definition) is 2. The van der Waals surface area contributed by atoms with Crippen molar-refractivity contribution in [1.82, 2.24) is 9.55 Å². The third kappa shape index (κ3) is 4.40. The number of nitrogens with one attached hydrogen (secondary N) is 1. The number of rotatable bonds is 7. The van der Waals surface area contributed by atoms with Gasteiger partial charge in [-0.1, -0.05) is 0 Å². The quantitative estimate of drug-likeness (QED) is 0.379. The first-order valence-electron chi connectivity index (χ1n) is 9.81. The highest BCUT2D eigenvalue weighted by atomic mass is 32.1. The van der Waals surface area contributed by atoms with Crippen molar-refractivity contribution in [3.63, 3.8) is 0 Å². The number of aryl methyl sites for hydroxylation is 1. The van der Waals surface area contributed by atoms with Gasteiger partial charge in [0, 0.05) is 12.0 Å². The largest absolute Gasteiger partial charge is 0.494 e. The highest BCUT2D eigenvalue weighted by molar-refractivity contribution is 7.71. The molecule has 0 aliphatic heterocycles. The molecule has 0 unspecified atom stereocenters. The average molecular weight is 452 g/mol. The third-order valence-corrected chi connectivity index (χ3v) is 6.46. The number of thiophene rings is 1. The minimum Gasteiger partial charge on any atom is -0.494 e. The van der Waals surface area contributed by atoms with Crippen molar-refractivity contribution in [2.45, 2.75) is 46.1 Å². The van der Waals surface area contributed by atoms with Gasteiger partial charge < -0.3 is 14.6 Å². The molecule has 2 N–H and O–H groups in total. The number of esters is 1. The van der Waals surface area contributed by atoms with E-state index in [2.05, 4.69) is 9.98 Å². The Morgan fingerprint density at radius 1 is 1.33 bits per heavy atom. The van der Waals surface area contributed by atoms with Gasteiger partial charge in [-0.25, -0.2) is 9.79 Å². The minimum absolute atomic E-state index is 0.0147. The summed E-state index contributed by atoms with van der Waals surface area (Å²) in [7, 11) is 1.54. The number of H-pyrrole nitrogens is 1. The Bertz CT molecular complexity index is 1100. The molecule has 0 radical (unpaired) electrons. The van der Waals surface area contributed by atoms with E-state index in [9.17, 15) is 14.7 Å². The third-order valence-electron chi connectivity index (χ3n) is 4.95. The summed E-state index contributed by atoms with van der Waals surface area (Å²) in [5, 5.41) is 11.2. The lowest BCUT2D eigenvalue weighted by atomic mass is 9.95. The Morgan fingerprint density at radius 3 is 2.77 bits per heavy atom. The number of hydrogen-bond acceptors (Lipinski definition) is 8. The van der Waals surface area contributed by atoms with E-state index in [0.29, 0.717) is 22.9 Å². The molecule has 0 amide bonds. The van der Waals surface area contributed by atoms with Gasteiger partial charge in [0.2, 0.25) is 5.88 Å². The smallest absolute Gasteiger partial charge is 0.341 e. The molecule has 1 aliphatic carbocycles. The lowest BCUT2D eigenvalue weighted by molar-refractivity contribution is 0.0526. The van der Waals surface area contributed by atoms with E-state index in [0.717, 1.165) is 36.1 Å². The second-order valence-corrected chi connectivity index (χ2v) is 8.38. The molecule has 0 saturated carbocycles. The molecule has 0 bridgehead atoms. The number of aliphatic imine (C=N–C) groups is 1. The standard InChI is InChI=1S/C20H25N3O5S2/c1-4-28-19(26)15-12-7-5-6-8-13(12)30-17(15)21-11(2)14-16(24)22-20(29)23(18(14)25)9-10-27-3/h25H,4-10H2,1-3H3,(H,22,24,29)/b21-11+. The number of aromatic nitrogens is 2. The minimum atomic E-state index is -0.536. The molecule has 2 aromatic heterocycles. The molecule has 2 aromatic rings. The first-order chi connectivity index (χ1) is 14.4. The molecule has 0 atom stereocenters. The zero-order chi connectivity index (χ0) is 21.8. The van der Waals surface area contributed by atoms with Crippen LogP contribution in [0.25, 0.3) is 0 Å². The molecule has 0 aromatic carbocycles. The Balaban J connectivity index is 2.12. The number of aromatic amines is 1. The Labute approximate surface area is 183 Å². The predicted molar refractivity (Wildman–Crippen MR) is 118 cm³/mol. The Morgan fingerprint density at radius 2 is 2.07 bits per heavy atom. The van der Waals surface area contributed by atoms with E-state index in [1.54, 1.807) is 13.8 Å². The topological polar surface area (TPSA) is 106 Å². The van der Waals surface area contributed by atoms with E-state index in [-0.39, 0.29) is 29.4 Å². The van der Waals surface area contributed by atoms with E-state index < -0.39 is 11.5 Å². The van der Waals surface area contributed by atoms with Gasteiger partial charge in [0.05, 0.1) is 31.0 Å². The van der Waals surface area contributed by atoms with Crippen molar-refractivity contribution in [3.05, 3.63) is 36.7 Å². The summed E-state index contributed by atoms with van der Waals surface area (Å²) in [6, 6.07) is 0. The maximum atomic E-state index is 12.6. The van der Waals surface area contributed by atoms with Crippen LogP contribution in [0.15, 0.2) is 9.79 Å². The number of aromatic hydroxyl groups is 1. The van der Waals surface area contributed by atoms with E-state index >= 15 is 0 Å². The number of fused-ring (bicyclic) bond motifs is 1. The van der Waals surface area contributed by atoms with E-state index in [1.165, 1.54) is 23.0 Å².